The molecule has 0 spiro atoms. The number of amides is 1. The summed E-state index contributed by atoms with van der Waals surface area (Å²) < 4.78 is 44.8. The molecular formula is C32H23F3N4O2S. The lowest BCUT2D eigenvalue weighted by atomic mass is 9.97. The molecule has 0 bridgehead atoms. The van der Waals surface area contributed by atoms with E-state index in [1.165, 1.54) is 47.0 Å². The Balaban J connectivity index is 1.52. The SMILES string of the molecule is NCCNC(=O)c1ccc(-c2ccc(-n3c(=O)ccc4cnc5ccc(-c6cccs6)cc5c43)cc2C(F)(F)F)cc1. The Morgan fingerprint density at radius 3 is 2.45 bits per heavy atom. The Bertz CT molecular complexity index is 2000. The topological polar surface area (TPSA) is 90.0 Å². The summed E-state index contributed by atoms with van der Waals surface area (Å²) in [6, 6.07) is 22.3. The lowest BCUT2D eigenvalue weighted by Crippen LogP contribution is -2.28. The summed E-state index contributed by atoms with van der Waals surface area (Å²) in [7, 11) is 0. The van der Waals surface area contributed by atoms with Crippen molar-refractivity contribution in [1.82, 2.24) is 14.9 Å². The number of thiophene rings is 1. The van der Waals surface area contributed by atoms with E-state index in [4.69, 9.17) is 5.73 Å². The lowest BCUT2D eigenvalue weighted by Gasteiger charge is -2.18. The molecule has 0 fully saturated rings. The molecule has 0 saturated heterocycles. The molecule has 1 amide bonds. The molecule has 6 rings (SSSR count). The minimum absolute atomic E-state index is 0.0695. The highest BCUT2D eigenvalue weighted by Gasteiger charge is 2.34. The van der Waals surface area contributed by atoms with Crippen LogP contribution in [-0.4, -0.2) is 28.5 Å². The van der Waals surface area contributed by atoms with Crippen LogP contribution in [0.25, 0.3) is 49.1 Å². The van der Waals surface area contributed by atoms with Crippen molar-refractivity contribution in [3.8, 4) is 27.3 Å². The molecule has 0 aliphatic carbocycles. The van der Waals surface area contributed by atoms with E-state index in [1.54, 1.807) is 23.6 Å². The van der Waals surface area contributed by atoms with Gasteiger partial charge in [0, 0.05) is 52.3 Å². The molecule has 0 radical (unpaired) electrons. The smallest absolute Gasteiger partial charge is 0.351 e. The zero-order chi connectivity index (χ0) is 29.4. The average Bonchev–Trinajstić information content (AvgIpc) is 3.54. The Morgan fingerprint density at radius 2 is 1.74 bits per heavy atom. The number of carbonyl (C=O) groups excluding carboxylic acids is 1. The first-order chi connectivity index (χ1) is 20.2. The molecule has 0 atom stereocenters. The maximum Gasteiger partial charge on any atom is 0.417 e. The fourth-order valence-electron chi connectivity index (χ4n) is 5.01. The van der Waals surface area contributed by atoms with Crippen LogP contribution in [0, 0.1) is 0 Å². The van der Waals surface area contributed by atoms with Crippen molar-refractivity contribution in [2.75, 3.05) is 13.1 Å². The van der Waals surface area contributed by atoms with Gasteiger partial charge >= 0.3 is 6.18 Å². The number of halogens is 3. The van der Waals surface area contributed by atoms with E-state index in [0.717, 1.165) is 16.5 Å². The van der Waals surface area contributed by atoms with Crippen molar-refractivity contribution in [3.05, 3.63) is 118 Å². The largest absolute Gasteiger partial charge is 0.417 e. The van der Waals surface area contributed by atoms with E-state index in [1.807, 2.05) is 35.7 Å². The number of alkyl halides is 3. The van der Waals surface area contributed by atoms with E-state index < -0.39 is 17.3 Å². The van der Waals surface area contributed by atoms with Gasteiger partial charge < -0.3 is 11.1 Å². The van der Waals surface area contributed by atoms with Crippen LogP contribution in [0.1, 0.15) is 15.9 Å². The minimum Gasteiger partial charge on any atom is -0.351 e. The number of pyridine rings is 2. The van der Waals surface area contributed by atoms with Crippen LogP contribution in [0.2, 0.25) is 0 Å². The van der Waals surface area contributed by atoms with Crippen molar-refractivity contribution in [3.63, 3.8) is 0 Å². The first kappa shape index (κ1) is 27.4. The number of hydrogen-bond donors (Lipinski definition) is 2. The standard InChI is InChI=1S/C32H23F3N4O2S/c33-32(34,35)26-17-23(9-10-24(26)19-3-5-20(6-4-19)31(41)37-14-13-36)39-29(40)12-8-22-18-38-27-11-7-21(16-25(27)30(22)39)28-2-1-15-42-28/h1-12,15-18H,13-14,36H2,(H,37,41). The van der Waals surface area contributed by atoms with Crippen molar-refractivity contribution in [2.24, 2.45) is 5.73 Å². The summed E-state index contributed by atoms with van der Waals surface area (Å²) in [6.45, 7) is 0.557. The van der Waals surface area contributed by atoms with E-state index in [0.29, 0.717) is 27.4 Å². The molecule has 0 unspecified atom stereocenters. The van der Waals surface area contributed by atoms with Gasteiger partial charge in [-0.25, -0.2) is 0 Å². The molecule has 3 aromatic heterocycles. The van der Waals surface area contributed by atoms with Crippen LogP contribution in [0.3, 0.4) is 0 Å². The number of hydrogen-bond acceptors (Lipinski definition) is 5. The van der Waals surface area contributed by atoms with Gasteiger partial charge in [-0.1, -0.05) is 30.3 Å². The van der Waals surface area contributed by atoms with Crippen LogP contribution < -0.4 is 16.6 Å². The van der Waals surface area contributed by atoms with E-state index in [9.17, 15) is 22.8 Å². The fraction of sp³-hybridized carbons (Fsp3) is 0.0938. The second-order valence-electron chi connectivity index (χ2n) is 9.63. The molecule has 6 aromatic rings. The number of fused-ring (bicyclic) bond motifs is 3. The van der Waals surface area contributed by atoms with Gasteiger partial charge in [-0.15, -0.1) is 11.3 Å². The molecule has 3 aromatic carbocycles. The number of nitrogens with two attached hydrogens (primary N) is 1. The maximum atomic E-state index is 14.5. The quantitative estimate of drug-likeness (QED) is 0.215. The molecule has 210 valence electrons. The van der Waals surface area contributed by atoms with Crippen molar-refractivity contribution in [2.45, 2.75) is 6.18 Å². The summed E-state index contributed by atoms with van der Waals surface area (Å²) in [6.07, 6.45) is -3.10. The predicted molar refractivity (Wildman–Crippen MR) is 160 cm³/mol. The highest BCUT2D eigenvalue weighted by atomic mass is 32.1. The number of nitrogens with zero attached hydrogens (tertiary/aromatic N) is 2. The van der Waals surface area contributed by atoms with Gasteiger partial charge in [0.2, 0.25) is 0 Å². The number of aromatic nitrogens is 2. The number of benzene rings is 3. The average molecular weight is 585 g/mol. The Kier molecular flexibility index (Phi) is 7.09. The van der Waals surface area contributed by atoms with Crippen LogP contribution in [-0.2, 0) is 6.18 Å². The summed E-state index contributed by atoms with van der Waals surface area (Å²) in [5, 5.41) is 5.86. The minimum atomic E-state index is -4.72. The molecule has 3 N–H and O–H groups in total. The number of nitrogens with one attached hydrogen (secondary N) is 1. The first-order valence-electron chi connectivity index (χ1n) is 13.0. The van der Waals surface area contributed by atoms with Crippen LogP contribution in [0.15, 0.2) is 101 Å². The van der Waals surface area contributed by atoms with Gasteiger partial charge in [-0.3, -0.25) is 19.1 Å². The number of carbonyl (C=O) groups is 1. The zero-order valence-corrected chi connectivity index (χ0v) is 22.8. The molecule has 0 aliphatic rings. The van der Waals surface area contributed by atoms with Gasteiger partial charge in [-0.05, 0) is 70.6 Å². The van der Waals surface area contributed by atoms with E-state index >= 15 is 0 Å². The Labute approximate surface area is 241 Å². The van der Waals surface area contributed by atoms with Gasteiger partial charge in [0.1, 0.15) is 0 Å². The van der Waals surface area contributed by atoms with Gasteiger partial charge in [0.05, 0.1) is 16.6 Å². The summed E-state index contributed by atoms with van der Waals surface area (Å²) in [5.41, 5.74) is 6.65. The third-order valence-corrected chi connectivity index (χ3v) is 7.90. The maximum absolute atomic E-state index is 14.5. The van der Waals surface area contributed by atoms with Crippen LogP contribution in [0.5, 0.6) is 0 Å². The third-order valence-electron chi connectivity index (χ3n) is 6.98. The first-order valence-corrected chi connectivity index (χ1v) is 13.9. The van der Waals surface area contributed by atoms with Crippen LogP contribution in [0.4, 0.5) is 13.2 Å². The fourth-order valence-corrected chi connectivity index (χ4v) is 5.73. The molecule has 3 heterocycles. The molecule has 0 saturated carbocycles. The Morgan fingerprint density at radius 1 is 0.952 bits per heavy atom. The van der Waals surface area contributed by atoms with E-state index in [-0.39, 0.29) is 35.8 Å². The van der Waals surface area contributed by atoms with Crippen molar-refractivity contribution in [1.29, 1.82) is 0 Å². The van der Waals surface area contributed by atoms with Gasteiger partial charge in [-0.2, -0.15) is 13.2 Å². The summed E-state index contributed by atoms with van der Waals surface area (Å²) in [5.74, 6) is -0.363. The zero-order valence-electron chi connectivity index (χ0n) is 22.0. The van der Waals surface area contributed by atoms with E-state index in [2.05, 4.69) is 10.3 Å². The second-order valence-corrected chi connectivity index (χ2v) is 10.6. The van der Waals surface area contributed by atoms with Crippen LogP contribution >= 0.6 is 11.3 Å². The summed E-state index contributed by atoms with van der Waals surface area (Å²) >= 11 is 1.56. The van der Waals surface area contributed by atoms with Crippen molar-refractivity contribution < 1.29 is 18.0 Å². The molecule has 0 aliphatic heterocycles. The van der Waals surface area contributed by atoms with Gasteiger partial charge in [0.25, 0.3) is 11.5 Å². The molecule has 42 heavy (non-hydrogen) atoms. The normalized spacial score (nSPS) is 11.7. The highest BCUT2D eigenvalue weighted by molar-refractivity contribution is 7.13. The highest BCUT2D eigenvalue weighted by Crippen LogP contribution is 2.39. The Hall–Kier alpha value is -4.80. The van der Waals surface area contributed by atoms with Crippen molar-refractivity contribution >= 4 is 39.0 Å². The molecule has 6 nitrogen and oxygen atoms in total. The van der Waals surface area contributed by atoms with Gasteiger partial charge in [0.15, 0.2) is 0 Å². The third kappa shape index (κ3) is 5.06. The second kappa shape index (κ2) is 10.9. The molecular weight excluding hydrogens is 561 g/mol. The molecule has 10 heteroatoms. The number of rotatable bonds is 6. The lowest BCUT2D eigenvalue weighted by molar-refractivity contribution is -0.137. The monoisotopic (exact) mass is 584 g/mol. The predicted octanol–water partition coefficient (Wildman–Crippen LogP) is 6.64. The summed E-state index contributed by atoms with van der Waals surface area (Å²) in [4.78, 5) is 31.1.